The molecule has 0 bridgehead atoms. The summed E-state index contributed by atoms with van der Waals surface area (Å²) in [7, 11) is 1.94. The minimum Gasteiger partial charge on any atom is -0.311 e. The Kier molecular flexibility index (Phi) is 4.28. The number of nitrogens with zero attached hydrogens (tertiary/aromatic N) is 3. The van der Waals surface area contributed by atoms with E-state index < -0.39 is 0 Å². The summed E-state index contributed by atoms with van der Waals surface area (Å²) >= 11 is 1.79. The van der Waals surface area contributed by atoms with Crippen molar-refractivity contribution in [1.82, 2.24) is 20.1 Å². The molecule has 0 amide bonds. The zero-order chi connectivity index (χ0) is 12.1. The van der Waals surface area contributed by atoms with Gasteiger partial charge in [-0.1, -0.05) is 6.92 Å². The van der Waals surface area contributed by atoms with Crippen LogP contribution in [0.25, 0.3) is 0 Å². The predicted octanol–water partition coefficient (Wildman–Crippen LogP) is 1.77. The number of hydrogen-bond acceptors (Lipinski definition) is 4. The summed E-state index contributed by atoms with van der Waals surface area (Å²) in [5.41, 5.74) is 1.28. The van der Waals surface area contributed by atoms with E-state index in [2.05, 4.69) is 28.5 Å². The molecule has 0 saturated carbocycles. The Hall–Kier alpha value is -1.20. The molecule has 2 rings (SSSR count). The van der Waals surface area contributed by atoms with Gasteiger partial charge in [0.1, 0.15) is 0 Å². The lowest BCUT2D eigenvalue weighted by atomic mass is 10.2. The first-order valence-electron chi connectivity index (χ1n) is 5.89. The normalized spacial score (nSPS) is 10.9. The summed E-state index contributed by atoms with van der Waals surface area (Å²) in [5, 5.41) is 8.80. The molecule has 0 saturated heterocycles. The Morgan fingerprint density at radius 1 is 1.41 bits per heavy atom. The molecule has 4 nitrogen and oxygen atoms in total. The van der Waals surface area contributed by atoms with Gasteiger partial charge in [0, 0.05) is 30.9 Å². The standard InChI is InChI=1S/C12H18N4S/c1-3-12-14-8-11(17-12)7-13-5-4-10-6-15-16(2)9-10/h6,8-9,13H,3-5,7H2,1-2H3. The monoisotopic (exact) mass is 250 g/mol. The van der Waals surface area contributed by atoms with Gasteiger partial charge in [0.2, 0.25) is 0 Å². The Morgan fingerprint density at radius 2 is 2.29 bits per heavy atom. The Labute approximate surface area is 106 Å². The lowest BCUT2D eigenvalue weighted by Crippen LogP contribution is -2.15. The van der Waals surface area contributed by atoms with Crippen molar-refractivity contribution in [3.63, 3.8) is 0 Å². The molecule has 2 aromatic heterocycles. The van der Waals surface area contributed by atoms with E-state index in [0.717, 1.165) is 25.9 Å². The largest absolute Gasteiger partial charge is 0.311 e. The van der Waals surface area contributed by atoms with Crippen molar-refractivity contribution in [2.24, 2.45) is 7.05 Å². The van der Waals surface area contributed by atoms with Gasteiger partial charge in [-0.25, -0.2) is 4.98 Å². The fourth-order valence-electron chi connectivity index (χ4n) is 1.64. The van der Waals surface area contributed by atoms with E-state index in [-0.39, 0.29) is 0 Å². The molecular weight excluding hydrogens is 232 g/mol. The van der Waals surface area contributed by atoms with Crippen LogP contribution >= 0.6 is 11.3 Å². The Morgan fingerprint density at radius 3 is 2.94 bits per heavy atom. The van der Waals surface area contributed by atoms with Gasteiger partial charge < -0.3 is 5.32 Å². The van der Waals surface area contributed by atoms with Crippen LogP contribution in [0, 0.1) is 0 Å². The number of hydrogen-bond donors (Lipinski definition) is 1. The molecule has 0 aliphatic carbocycles. The van der Waals surface area contributed by atoms with Crippen molar-refractivity contribution in [3.05, 3.63) is 34.0 Å². The smallest absolute Gasteiger partial charge is 0.0925 e. The molecule has 0 aliphatic heterocycles. The second kappa shape index (κ2) is 5.93. The molecule has 0 spiro atoms. The Balaban J connectivity index is 1.69. The average Bonchev–Trinajstić information content (AvgIpc) is 2.93. The molecule has 0 aromatic carbocycles. The second-order valence-electron chi connectivity index (χ2n) is 4.02. The van der Waals surface area contributed by atoms with E-state index >= 15 is 0 Å². The van der Waals surface area contributed by atoms with Crippen molar-refractivity contribution in [2.45, 2.75) is 26.3 Å². The molecule has 0 radical (unpaired) electrons. The van der Waals surface area contributed by atoms with E-state index in [1.165, 1.54) is 15.4 Å². The van der Waals surface area contributed by atoms with Crippen molar-refractivity contribution < 1.29 is 0 Å². The highest BCUT2D eigenvalue weighted by Crippen LogP contribution is 2.12. The van der Waals surface area contributed by atoms with Gasteiger partial charge in [0.05, 0.1) is 11.2 Å². The zero-order valence-corrected chi connectivity index (χ0v) is 11.1. The van der Waals surface area contributed by atoms with Crippen molar-refractivity contribution in [3.8, 4) is 0 Å². The number of aromatic nitrogens is 3. The summed E-state index contributed by atoms with van der Waals surface area (Å²) in [6.45, 7) is 4.03. The first-order chi connectivity index (χ1) is 8.28. The maximum atomic E-state index is 4.34. The SMILES string of the molecule is CCc1ncc(CNCCc2cnn(C)c2)s1. The topological polar surface area (TPSA) is 42.7 Å². The molecule has 0 unspecified atom stereocenters. The molecule has 0 aliphatic rings. The number of rotatable bonds is 6. The van der Waals surface area contributed by atoms with Crippen molar-refractivity contribution in [1.29, 1.82) is 0 Å². The van der Waals surface area contributed by atoms with Crippen molar-refractivity contribution in [2.75, 3.05) is 6.54 Å². The van der Waals surface area contributed by atoms with E-state index in [9.17, 15) is 0 Å². The molecule has 92 valence electrons. The van der Waals surface area contributed by atoms with Crippen LogP contribution in [-0.2, 0) is 26.4 Å². The van der Waals surface area contributed by atoms with E-state index in [1.807, 2.05) is 24.1 Å². The lowest BCUT2D eigenvalue weighted by Gasteiger charge is -2.00. The van der Waals surface area contributed by atoms with Crippen LogP contribution in [0.15, 0.2) is 18.6 Å². The number of aryl methyl sites for hydroxylation is 2. The molecule has 0 atom stereocenters. The molecule has 17 heavy (non-hydrogen) atoms. The third-order valence-electron chi connectivity index (χ3n) is 2.55. The number of nitrogens with one attached hydrogen (secondary N) is 1. The van der Waals surface area contributed by atoms with Crippen LogP contribution < -0.4 is 5.32 Å². The summed E-state index contributed by atoms with van der Waals surface area (Å²) in [6.07, 6.45) is 8.00. The van der Waals surface area contributed by atoms with Crippen LogP contribution in [0.1, 0.15) is 22.4 Å². The van der Waals surface area contributed by atoms with E-state index in [4.69, 9.17) is 0 Å². The second-order valence-corrected chi connectivity index (χ2v) is 5.22. The maximum Gasteiger partial charge on any atom is 0.0925 e. The fourth-order valence-corrected chi connectivity index (χ4v) is 2.47. The summed E-state index contributed by atoms with van der Waals surface area (Å²) < 4.78 is 1.84. The van der Waals surface area contributed by atoms with Crippen LogP contribution in [0.5, 0.6) is 0 Å². The van der Waals surface area contributed by atoms with Gasteiger partial charge in [-0.3, -0.25) is 4.68 Å². The fraction of sp³-hybridized carbons (Fsp3) is 0.500. The van der Waals surface area contributed by atoms with E-state index in [1.54, 1.807) is 11.3 Å². The average molecular weight is 250 g/mol. The predicted molar refractivity (Wildman–Crippen MR) is 70.1 cm³/mol. The van der Waals surface area contributed by atoms with Crippen LogP contribution in [-0.4, -0.2) is 21.3 Å². The van der Waals surface area contributed by atoms with Gasteiger partial charge in [-0.2, -0.15) is 5.10 Å². The third kappa shape index (κ3) is 3.64. The highest BCUT2D eigenvalue weighted by molar-refractivity contribution is 7.11. The zero-order valence-electron chi connectivity index (χ0n) is 10.3. The van der Waals surface area contributed by atoms with E-state index in [0.29, 0.717) is 0 Å². The maximum absolute atomic E-state index is 4.34. The molecule has 2 aromatic rings. The molecule has 1 N–H and O–H groups in total. The van der Waals surface area contributed by atoms with Crippen LogP contribution in [0.3, 0.4) is 0 Å². The molecule has 0 fully saturated rings. The summed E-state index contributed by atoms with van der Waals surface area (Å²) in [6, 6.07) is 0. The molecule has 2 heterocycles. The highest BCUT2D eigenvalue weighted by Gasteiger charge is 2.00. The minimum atomic E-state index is 0.915. The quantitative estimate of drug-likeness (QED) is 0.795. The lowest BCUT2D eigenvalue weighted by molar-refractivity contribution is 0.692. The minimum absolute atomic E-state index is 0.915. The Bertz CT molecular complexity index is 461. The molecule has 5 heteroatoms. The van der Waals surface area contributed by atoms with Crippen LogP contribution in [0.4, 0.5) is 0 Å². The van der Waals surface area contributed by atoms with Crippen LogP contribution in [0.2, 0.25) is 0 Å². The third-order valence-corrected chi connectivity index (χ3v) is 3.69. The first kappa shape index (κ1) is 12.3. The van der Waals surface area contributed by atoms with Gasteiger partial charge in [-0.15, -0.1) is 11.3 Å². The van der Waals surface area contributed by atoms with Gasteiger partial charge in [0.25, 0.3) is 0 Å². The highest BCUT2D eigenvalue weighted by atomic mass is 32.1. The van der Waals surface area contributed by atoms with Gasteiger partial charge >= 0.3 is 0 Å². The summed E-state index contributed by atoms with van der Waals surface area (Å²) in [5.74, 6) is 0. The van der Waals surface area contributed by atoms with Gasteiger partial charge in [0.15, 0.2) is 0 Å². The first-order valence-corrected chi connectivity index (χ1v) is 6.71. The summed E-state index contributed by atoms with van der Waals surface area (Å²) in [4.78, 5) is 5.65. The van der Waals surface area contributed by atoms with Gasteiger partial charge in [-0.05, 0) is 24.9 Å². The number of thiazole rings is 1. The molecular formula is C12H18N4S. The van der Waals surface area contributed by atoms with Crippen molar-refractivity contribution >= 4 is 11.3 Å².